The maximum Gasteiger partial charge on any atom is 0.293 e. The molecule has 2 aromatic carbocycles. The number of nitro benzene ring substituents is 1. The first-order valence-electron chi connectivity index (χ1n) is 10.1. The fourth-order valence-corrected chi connectivity index (χ4v) is 3.59. The van der Waals surface area contributed by atoms with Gasteiger partial charge in [0.05, 0.1) is 18.6 Å². The van der Waals surface area contributed by atoms with Crippen LogP contribution in [0.15, 0.2) is 42.5 Å². The molecule has 31 heavy (non-hydrogen) atoms. The molecule has 0 radical (unpaired) electrons. The van der Waals surface area contributed by atoms with Crippen molar-refractivity contribution in [3.05, 3.63) is 58.1 Å². The lowest BCUT2D eigenvalue weighted by Crippen LogP contribution is -2.35. The lowest BCUT2D eigenvalue weighted by Gasteiger charge is -2.28. The minimum absolute atomic E-state index is 0.0937. The van der Waals surface area contributed by atoms with Crippen molar-refractivity contribution in [3.63, 3.8) is 0 Å². The first-order valence-corrected chi connectivity index (χ1v) is 10.1. The molecule has 0 unspecified atom stereocenters. The molecule has 1 saturated heterocycles. The zero-order valence-electron chi connectivity index (χ0n) is 17.7. The van der Waals surface area contributed by atoms with E-state index in [1.807, 2.05) is 4.90 Å². The van der Waals surface area contributed by atoms with Crippen LogP contribution in [-0.4, -0.2) is 55.4 Å². The molecule has 0 aliphatic carbocycles. The molecule has 3 rings (SSSR count). The summed E-state index contributed by atoms with van der Waals surface area (Å²) in [5, 5.41) is 14.3. The first kappa shape index (κ1) is 22.1. The summed E-state index contributed by atoms with van der Waals surface area (Å²) in [5.41, 5.74) is 1.19. The van der Waals surface area contributed by atoms with Crippen LogP contribution in [-0.2, 0) is 4.79 Å². The van der Waals surface area contributed by atoms with Crippen LogP contribution in [0.3, 0.4) is 0 Å². The van der Waals surface area contributed by atoms with Crippen molar-refractivity contribution in [1.29, 1.82) is 0 Å². The Balaban J connectivity index is 1.68. The van der Waals surface area contributed by atoms with E-state index in [1.165, 1.54) is 18.0 Å². The number of nitro groups is 1. The van der Waals surface area contributed by atoms with Gasteiger partial charge in [-0.1, -0.05) is 0 Å². The van der Waals surface area contributed by atoms with Gasteiger partial charge in [-0.3, -0.25) is 19.7 Å². The predicted octanol–water partition coefficient (Wildman–Crippen LogP) is 3.30. The van der Waals surface area contributed by atoms with Gasteiger partial charge in [-0.2, -0.15) is 0 Å². The highest BCUT2D eigenvalue weighted by Crippen LogP contribution is 2.31. The number of rotatable bonds is 7. The lowest BCUT2D eigenvalue weighted by atomic mass is 10.1. The molecule has 2 aromatic rings. The van der Waals surface area contributed by atoms with Gasteiger partial charge in [0.1, 0.15) is 11.4 Å². The molecule has 1 N–H and O–H groups in total. The van der Waals surface area contributed by atoms with Crippen molar-refractivity contribution < 1.29 is 19.2 Å². The number of ether oxygens (including phenoxy) is 1. The number of carbonyl (C=O) groups excluding carboxylic acids is 2. The number of likely N-dealkylation sites (N-methyl/N-ethyl adjacent to an activating group) is 1. The maximum atomic E-state index is 12.8. The van der Waals surface area contributed by atoms with E-state index in [4.69, 9.17) is 4.74 Å². The van der Waals surface area contributed by atoms with Crippen molar-refractivity contribution in [1.82, 2.24) is 4.90 Å². The number of anilines is 2. The number of methoxy groups -OCH3 is 1. The minimum Gasteiger partial charge on any atom is -0.497 e. The number of amides is 2. The van der Waals surface area contributed by atoms with Crippen LogP contribution in [0.25, 0.3) is 0 Å². The third kappa shape index (κ3) is 5.50. The zero-order valence-corrected chi connectivity index (χ0v) is 17.7. The van der Waals surface area contributed by atoms with Crippen LogP contribution in [0.5, 0.6) is 5.75 Å². The molecule has 0 atom stereocenters. The van der Waals surface area contributed by atoms with Crippen LogP contribution >= 0.6 is 0 Å². The molecule has 1 heterocycles. The number of carbonyl (C=O) groups is 2. The highest BCUT2D eigenvalue weighted by Gasteiger charge is 2.24. The molecule has 0 aromatic heterocycles. The van der Waals surface area contributed by atoms with Crippen LogP contribution in [0.2, 0.25) is 0 Å². The van der Waals surface area contributed by atoms with E-state index in [9.17, 15) is 19.7 Å². The van der Waals surface area contributed by atoms with Gasteiger partial charge >= 0.3 is 0 Å². The van der Waals surface area contributed by atoms with Crippen molar-refractivity contribution in [2.45, 2.75) is 19.3 Å². The van der Waals surface area contributed by atoms with Gasteiger partial charge in [-0.05, 0) is 55.7 Å². The highest BCUT2D eigenvalue weighted by atomic mass is 16.6. The Bertz CT molecular complexity index is 955. The second-order valence-corrected chi connectivity index (χ2v) is 7.45. The van der Waals surface area contributed by atoms with Crippen molar-refractivity contribution in [2.75, 3.05) is 44.0 Å². The molecular weight excluding hydrogens is 400 g/mol. The predicted molar refractivity (Wildman–Crippen MR) is 118 cm³/mol. The quantitative estimate of drug-likeness (QED) is 0.538. The number of benzene rings is 2. The van der Waals surface area contributed by atoms with Gasteiger partial charge < -0.3 is 19.9 Å². The van der Waals surface area contributed by atoms with Gasteiger partial charge in [0.2, 0.25) is 5.91 Å². The molecule has 9 nitrogen and oxygen atoms in total. The summed E-state index contributed by atoms with van der Waals surface area (Å²) in [5.74, 6) is -0.168. The van der Waals surface area contributed by atoms with Crippen molar-refractivity contribution in [2.24, 2.45) is 0 Å². The van der Waals surface area contributed by atoms with Gasteiger partial charge in [0.25, 0.3) is 11.6 Å². The van der Waals surface area contributed by atoms with E-state index in [1.54, 1.807) is 43.5 Å². The number of nitrogens with one attached hydrogen (secondary N) is 1. The third-order valence-electron chi connectivity index (χ3n) is 5.22. The Morgan fingerprint density at radius 2 is 1.81 bits per heavy atom. The topological polar surface area (TPSA) is 105 Å². The molecule has 164 valence electrons. The highest BCUT2D eigenvalue weighted by molar-refractivity contribution is 6.00. The molecule has 1 aliphatic heterocycles. The standard InChI is InChI=1S/C22H26N4O5/c1-24(15-21(27)23-17-7-9-18(31-2)10-8-17)22(28)16-6-11-19(20(14-16)26(29)30)25-12-4-3-5-13-25/h6-11,14H,3-5,12-13,15H2,1-2H3,(H,23,27). The molecular formula is C22H26N4O5. The Hall–Kier alpha value is -3.62. The molecule has 2 amide bonds. The molecule has 0 saturated carbocycles. The lowest BCUT2D eigenvalue weighted by molar-refractivity contribution is -0.384. The molecule has 1 aliphatic rings. The first-order chi connectivity index (χ1) is 14.9. The molecule has 0 spiro atoms. The average molecular weight is 426 g/mol. The fourth-order valence-electron chi connectivity index (χ4n) is 3.59. The van der Waals surface area contributed by atoms with Gasteiger partial charge in [-0.25, -0.2) is 0 Å². The smallest absolute Gasteiger partial charge is 0.293 e. The minimum atomic E-state index is -0.461. The van der Waals surface area contributed by atoms with E-state index in [2.05, 4.69) is 5.32 Å². The van der Waals surface area contributed by atoms with E-state index >= 15 is 0 Å². The average Bonchev–Trinajstić information content (AvgIpc) is 2.79. The van der Waals surface area contributed by atoms with Crippen molar-refractivity contribution >= 4 is 28.9 Å². The second kappa shape index (κ2) is 9.92. The van der Waals surface area contributed by atoms with Crippen LogP contribution in [0.4, 0.5) is 17.1 Å². The Morgan fingerprint density at radius 1 is 1.13 bits per heavy atom. The van der Waals surface area contributed by atoms with Crippen LogP contribution in [0.1, 0.15) is 29.6 Å². The van der Waals surface area contributed by atoms with E-state index < -0.39 is 10.8 Å². The van der Waals surface area contributed by atoms with Gasteiger partial charge in [0, 0.05) is 37.5 Å². The summed E-state index contributed by atoms with van der Waals surface area (Å²) in [7, 11) is 3.04. The summed E-state index contributed by atoms with van der Waals surface area (Å²) in [4.78, 5) is 39.4. The van der Waals surface area contributed by atoms with Crippen LogP contribution in [0, 0.1) is 10.1 Å². The summed E-state index contributed by atoms with van der Waals surface area (Å²) in [6, 6.07) is 11.3. The Morgan fingerprint density at radius 3 is 2.42 bits per heavy atom. The monoisotopic (exact) mass is 426 g/mol. The van der Waals surface area contributed by atoms with Crippen LogP contribution < -0.4 is 15.0 Å². The number of piperidine rings is 1. The second-order valence-electron chi connectivity index (χ2n) is 7.45. The van der Waals surface area contributed by atoms with Gasteiger partial charge in [0.15, 0.2) is 0 Å². The number of nitrogens with zero attached hydrogens (tertiary/aromatic N) is 3. The summed E-state index contributed by atoms with van der Waals surface area (Å²) < 4.78 is 5.08. The molecule has 0 bridgehead atoms. The number of hydrogen-bond donors (Lipinski definition) is 1. The Kier molecular flexibility index (Phi) is 7.07. The SMILES string of the molecule is COc1ccc(NC(=O)CN(C)C(=O)c2ccc(N3CCCCC3)c([N+](=O)[O-])c2)cc1. The van der Waals surface area contributed by atoms with E-state index in [0.29, 0.717) is 17.1 Å². The maximum absolute atomic E-state index is 12.8. The molecule has 9 heteroatoms. The normalized spacial score (nSPS) is 13.4. The van der Waals surface area contributed by atoms with E-state index in [-0.39, 0.29) is 23.7 Å². The summed E-state index contributed by atoms with van der Waals surface area (Å²) >= 11 is 0. The summed E-state index contributed by atoms with van der Waals surface area (Å²) in [6.45, 7) is 1.34. The zero-order chi connectivity index (χ0) is 22.4. The molecule has 1 fully saturated rings. The number of hydrogen-bond acceptors (Lipinski definition) is 6. The Labute approximate surface area is 180 Å². The largest absolute Gasteiger partial charge is 0.497 e. The fraction of sp³-hybridized carbons (Fsp3) is 0.364. The van der Waals surface area contributed by atoms with E-state index in [0.717, 1.165) is 32.4 Å². The van der Waals surface area contributed by atoms with Gasteiger partial charge in [-0.15, -0.1) is 0 Å². The van der Waals surface area contributed by atoms with Crippen molar-refractivity contribution in [3.8, 4) is 5.75 Å². The summed E-state index contributed by atoms with van der Waals surface area (Å²) in [6.07, 6.45) is 3.10. The third-order valence-corrected chi connectivity index (χ3v) is 5.22.